The van der Waals surface area contributed by atoms with Crippen LogP contribution in [0.15, 0.2) is 36.5 Å². The highest BCUT2D eigenvalue weighted by Gasteiger charge is 2.27. The molecule has 2 aromatic rings. The summed E-state index contributed by atoms with van der Waals surface area (Å²) >= 11 is 11.7. The number of rotatable bonds is 7. The first kappa shape index (κ1) is 25.6. The minimum absolute atomic E-state index is 0.0361. The zero-order valence-corrected chi connectivity index (χ0v) is 20.2. The summed E-state index contributed by atoms with van der Waals surface area (Å²) < 4.78 is 5.10. The van der Waals surface area contributed by atoms with Gasteiger partial charge in [-0.2, -0.15) is 0 Å². The van der Waals surface area contributed by atoms with Crippen molar-refractivity contribution >= 4 is 46.8 Å². The van der Waals surface area contributed by atoms with E-state index < -0.39 is 30.4 Å². The zero-order chi connectivity index (χ0) is 24.1. The average molecular weight is 480 g/mol. The third-order valence-corrected chi connectivity index (χ3v) is 5.13. The number of ether oxygens (including phenoxy) is 1. The number of esters is 1. The normalized spacial score (nSPS) is 12.2. The van der Waals surface area contributed by atoms with Crippen molar-refractivity contribution in [3.05, 3.63) is 57.7 Å². The Hall–Kier alpha value is -2.64. The number of nitrogens with one attached hydrogen (secondary N) is 2. The topological polar surface area (TPSA) is 97.4 Å². The molecule has 0 aliphatic rings. The van der Waals surface area contributed by atoms with Crippen molar-refractivity contribution in [2.75, 3.05) is 11.9 Å². The van der Waals surface area contributed by atoms with Crippen molar-refractivity contribution in [3.63, 3.8) is 0 Å². The van der Waals surface area contributed by atoms with Crippen molar-refractivity contribution in [2.24, 2.45) is 5.92 Å². The van der Waals surface area contributed by atoms with Gasteiger partial charge in [0, 0.05) is 11.8 Å². The van der Waals surface area contributed by atoms with Gasteiger partial charge < -0.3 is 15.4 Å². The number of halogens is 2. The fourth-order valence-electron chi connectivity index (χ4n) is 2.75. The quantitative estimate of drug-likeness (QED) is 0.564. The number of hydrogen-bond acceptors (Lipinski definition) is 5. The number of benzene rings is 1. The molecular formula is C23H27Cl2N3O4. The van der Waals surface area contributed by atoms with Gasteiger partial charge in [-0.1, -0.05) is 70.0 Å². The number of anilines is 1. The van der Waals surface area contributed by atoms with Gasteiger partial charge in [0.2, 0.25) is 0 Å². The molecule has 2 rings (SSSR count). The van der Waals surface area contributed by atoms with Gasteiger partial charge in [0.25, 0.3) is 11.8 Å². The lowest BCUT2D eigenvalue weighted by Gasteiger charge is -2.22. The van der Waals surface area contributed by atoms with Gasteiger partial charge in [-0.25, -0.2) is 9.78 Å². The van der Waals surface area contributed by atoms with Crippen LogP contribution in [0.1, 0.15) is 50.5 Å². The van der Waals surface area contributed by atoms with Crippen LogP contribution in [0, 0.1) is 5.92 Å². The van der Waals surface area contributed by atoms with Crippen LogP contribution in [0.4, 0.5) is 5.82 Å². The predicted octanol–water partition coefficient (Wildman–Crippen LogP) is 4.62. The standard InChI is InChI=1S/C23H27Cl2N3O4/c1-13(2)19(28-21(30)14-6-8-15(9-7-14)23(3,4)5)22(31)32-12-18(29)27-20-17(25)10-16(24)11-26-20/h6-11,13,19H,12H2,1-5H3,(H,28,30)(H,26,27,29). The van der Waals surface area contributed by atoms with E-state index in [1.807, 2.05) is 12.1 Å². The molecule has 9 heteroatoms. The molecule has 0 aliphatic carbocycles. The molecule has 1 atom stereocenters. The van der Waals surface area contributed by atoms with Gasteiger partial charge in [0.15, 0.2) is 12.4 Å². The predicted molar refractivity (Wildman–Crippen MR) is 125 cm³/mol. The monoisotopic (exact) mass is 479 g/mol. The number of nitrogens with zero attached hydrogens (tertiary/aromatic N) is 1. The molecule has 0 fully saturated rings. The molecule has 0 aliphatic heterocycles. The second kappa shape index (κ2) is 10.8. The molecule has 1 aromatic heterocycles. The maximum atomic E-state index is 12.6. The molecule has 32 heavy (non-hydrogen) atoms. The van der Waals surface area contributed by atoms with Crippen LogP contribution in [-0.4, -0.2) is 35.4 Å². The van der Waals surface area contributed by atoms with Crippen LogP contribution in [0.3, 0.4) is 0 Å². The van der Waals surface area contributed by atoms with Gasteiger partial charge in [0.1, 0.15) is 6.04 Å². The van der Waals surface area contributed by atoms with Gasteiger partial charge in [-0.3, -0.25) is 9.59 Å². The van der Waals surface area contributed by atoms with E-state index in [0.29, 0.717) is 10.6 Å². The molecule has 1 aromatic carbocycles. The van der Waals surface area contributed by atoms with Gasteiger partial charge in [0.05, 0.1) is 10.0 Å². The van der Waals surface area contributed by atoms with Crippen molar-refractivity contribution in [1.82, 2.24) is 10.3 Å². The number of carbonyl (C=O) groups is 3. The first-order chi connectivity index (χ1) is 14.9. The molecule has 0 spiro atoms. The van der Waals surface area contributed by atoms with Crippen molar-refractivity contribution < 1.29 is 19.1 Å². The third-order valence-electron chi connectivity index (χ3n) is 4.63. The van der Waals surface area contributed by atoms with Crippen LogP contribution in [0.5, 0.6) is 0 Å². The van der Waals surface area contributed by atoms with E-state index in [1.54, 1.807) is 26.0 Å². The Morgan fingerprint density at radius 3 is 2.25 bits per heavy atom. The minimum Gasteiger partial charge on any atom is -0.454 e. The fraction of sp³-hybridized carbons (Fsp3) is 0.391. The molecule has 1 unspecified atom stereocenters. The van der Waals surface area contributed by atoms with Crippen LogP contribution < -0.4 is 10.6 Å². The van der Waals surface area contributed by atoms with E-state index in [9.17, 15) is 14.4 Å². The van der Waals surface area contributed by atoms with E-state index in [-0.39, 0.29) is 22.2 Å². The average Bonchev–Trinajstić information content (AvgIpc) is 2.71. The zero-order valence-electron chi connectivity index (χ0n) is 18.7. The van der Waals surface area contributed by atoms with Crippen LogP contribution in [-0.2, 0) is 19.7 Å². The number of aromatic nitrogens is 1. The Labute approximate surface area is 197 Å². The van der Waals surface area contributed by atoms with Crippen LogP contribution in [0.25, 0.3) is 0 Å². The second-order valence-electron chi connectivity index (χ2n) is 8.66. The van der Waals surface area contributed by atoms with Crippen LogP contribution in [0.2, 0.25) is 10.0 Å². The van der Waals surface area contributed by atoms with Gasteiger partial charge >= 0.3 is 5.97 Å². The number of pyridine rings is 1. The second-order valence-corrected chi connectivity index (χ2v) is 9.51. The molecule has 0 bridgehead atoms. The minimum atomic E-state index is -0.921. The molecule has 7 nitrogen and oxygen atoms in total. The van der Waals surface area contributed by atoms with E-state index in [4.69, 9.17) is 27.9 Å². The SMILES string of the molecule is CC(C)C(NC(=O)c1ccc(C(C)(C)C)cc1)C(=O)OCC(=O)Nc1ncc(Cl)cc1Cl. The summed E-state index contributed by atoms with van der Waals surface area (Å²) in [5.41, 5.74) is 1.49. The van der Waals surface area contributed by atoms with Crippen molar-refractivity contribution in [3.8, 4) is 0 Å². The third kappa shape index (κ3) is 7.21. The van der Waals surface area contributed by atoms with Gasteiger partial charge in [-0.05, 0) is 35.1 Å². The van der Waals surface area contributed by atoms with Crippen LogP contribution >= 0.6 is 23.2 Å². The number of hydrogen-bond donors (Lipinski definition) is 2. The molecule has 0 saturated carbocycles. The Morgan fingerprint density at radius 2 is 1.72 bits per heavy atom. The Morgan fingerprint density at radius 1 is 1.09 bits per heavy atom. The van der Waals surface area contributed by atoms with Gasteiger partial charge in [-0.15, -0.1) is 0 Å². The fourth-order valence-corrected chi connectivity index (χ4v) is 3.17. The summed E-state index contributed by atoms with van der Waals surface area (Å²) in [6.45, 7) is 9.23. The summed E-state index contributed by atoms with van der Waals surface area (Å²) in [5.74, 6) is -1.89. The van der Waals surface area contributed by atoms with E-state index in [2.05, 4.69) is 36.4 Å². The van der Waals surface area contributed by atoms with Crippen molar-refractivity contribution in [2.45, 2.75) is 46.1 Å². The number of amides is 2. The highest BCUT2D eigenvalue weighted by molar-refractivity contribution is 6.36. The lowest BCUT2D eigenvalue weighted by molar-refractivity contribution is -0.150. The number of carbonyl (C=O) groups excluding carboxylic acids is 3. The summed E-state index contributed by atoms with van der Waals surface area (Å²) in [6.07, 6.45) is 1.33. The lowest BCUT2D eigenvalue weighted by Crippen LogP contribution is -2.46. The smallest absolute Gasteiger partial charge is 0.329 e. The van der Waals surface area contributed by atoms with E-state index in [0.717, 1.165) is 5.56 Å². The summed E-state index contributed by atoms with van der Waals surface area (Å²) in [5, 5.41) is 5.60. The molecule has 2 N–H and O–H groups in total. The highest BCUT2D eigenvalue weighted by Crippen LogP contribution is 2.23. The van der Waals surface area contributed by atoms with Crippen molar-refractivity contribution in [1.29, 1.82) is 0 Å². The molecule has 0 radical (unpaired) electrons. The highest BCUT2D eigenvalue weighted by atomic mass is 35.5. The molecule has 1 heterocycles. The molecule has 2 amide bonds. The Balaban J connectivity index is 1.96. The largest absolute Gasteiger partial charge is 0.454 e. The summed E-state index contributed by atoms with van der Waals surface area (Å²) in [4.78, 5) is 41.2. The first-order valence-electron chi connectivity index (χ1n) is 10.1. The Bertz CT molecular complexity index is 986. The van der Waals surface area contributed by atoms with E-state index in [1.165, 1.54) is 12.3 Å². The van der Waals surface area contributed by atoms with E-state index >= 15 is 0 Å². The molecule has 0 saturated heterocycles. The summed E-state index contributed by atoms with van der Waals surface area (Å²) in [6, 6.07) is 7.71. The molecule has 172 valence electrons. The molecular weight excluding hydrogens is 453 g/mol. The Kier molecular flexibility index (Phi) is 8.64. The maximum Gasteiger partial charge on any atom is 0.329 e. The lowest BCUT2D eigenvalue weighted by atomic mass is 9.86. The first-order valence-corrected chi connectivity index (χ1v) is 10.8. The summed E-state index contributed by atoms with van der Waals surface area (Å²) in [7, 11) is 0. The maximum absolute atomic E-state index is 12.6.